The molecule has 0 atom stereocenters. The number of aliphatic imine (C=N–C) groups is 1. The Labute approximate surface area is 143 Å². The summed E-state index contributed by atoms with van der Waals surface area (Å²) in [6.07, 6.45) is 1.92. The Morgan fingerprint density at radius 3 is 2.46 bits per heavy atom. The first-order valence-corrected chi connectivity index (χ1v) is 8.21. The van der Waals surface area contributed by atoms with E-state index in [0.29, 0.717) is 6.61 Å². The fourth-order valence-electron chi connectivity index (χ4n) is 2.87. The minimum atomic E-state index is 0.634. The van der Waals surface area contributed by atoms with E-state index in [9.17, 15) is 0 Å². The molecular formula is C21H22N2O. The molecular weight excluding hydrogens is 296 g/mol. The fourth-order valence-corrected chi connectivity index (χ4v) is 2.87. The highest BCUT2D eigenvalue weighted by atomic mass is 16.5. The Bertz CT molecular complexity index is 848. The first-order chi connectivity index (χ1) is 11.7. The fraction of sp³-hybridized carbons (Fsp3) is 0.190. The summed E-state index contributed by atoms with van der Waals surface area (Å²) in [5.41, 5.74) is 5.50. The molecule has 24 heavy (non-hydrogen) atoms. The van der Waals surface area contributed by atoms with Crippen LogP contribution in [-0.4, -0.2) is 17.4 Å². The van der Waals surface area contributed by atoms with Crippen LogP contribution in [-0.2, 0) is 0 Å². The van der Waals surface area contributed by atoms with Crippen LogP contribution in [0.4, 0.5) is 5.69 Å². The molecule has 0 bridgehead atoms. The summed E-state index contributed by atoms with van der Waals surface area (Å²) in [7, 11) is 0. The van der Waals surface area contributed by atoms with Crippen molar-refractivity contribution in [1.29, 1.82) is 0 Å². The molecule has 0 saturated carbocycles. The first-order valence-electron chi connectivity index (χ1n) is 8.21. The molecule has 0 fully saturated rings. The molecule has 0 spiro atoms. The van der Waals surface area contributed by atoms with Crippen LogP contribution in [0.25, 0.3) is 5.69 Å². The molecule has 3 heteroatoms. The van der Waals surface area contributed by atoms with Gasteiger partial charge in [0.1, 0.15) is 11.4 Å². The Morgan fingerprint density at radius 1 is 1.00 bits per heavy atom. The smallest absolute Gasteiger partial charge is 0.144 e. The summed E-state index contributed by atoms with van der Waals surface area (Å²) in [6, 6.07) is 20.4. The van der Waals surface area contributed by atoms with Gasteiger partial charge >= 0.3 is 0 Å². The van der Waals surface area contributed by atoms with E-state index in [2.05, 4.69) is 53.7 Å². The molecule has 122 valence electrons. The van der Waals surface area contributed by atoms with Crippen molar-refractivity contribution in [2.75, 3.05) is 6.61 Å². The van der Waals surface area contributed by atoms with Crippen molar-refractivity contribution in [1.82, 2.24) is 4.57 Å². The molecule has 0 amide bonds. The zero-order chi connectivity index (χ0) is 16.9. The van der Waals surface area contributed by atoms with Crippen LogP contribution in [0.5, 0.6) is 5.75 Å². The van der Waals surface area contributed by atoms with Crippen LogP contribution in [0, 0.1) is 13.8 Å². The summed E-state index contributed by atoms with van der Waals surface area (Å²) in [6.45, 7) is 6.85. The second-order valence-corrected chi connectivity index (χ2v) is 5.66. The molecule has 0 unspecified atom stereocenters. The van der Waals surface area contributed by atoms with Gasteiger partial charge in [0.2, 0.25) is 0 Å². The number of para-hydroxylation sites is 3. The highest BCUT2D eigenvalue weighted by Gasteiger charge is 2.09. The van der Waals surface area contributed by atoms with E-state index in [0.717, 1.165) is 17.0 Å². The molecule has 1 aromatic heterocycles. The second-order valence-electron chi connectivity index (χ2n) is 5.66. The van der Waals surface area contributed by atoms with Gasteiger partial charge in [-0.1, -0.05) is 30.3 Å². The third-order valence-electron chi connectivity index (χ3n) is 3.99. The van der Waals surface area contributed by atoms with Crippen LogP contribution in [0.15, 0.2) is 65.7 Å². The molecule has 2 aromatic carbocycles. The standard InChI is InChI=1S/C21H22N2O/c1-4-24-21-13-9-8-12-20(21)22-15-18-14-16(2)23(17(18)3)19-10-6-5-7-11-19/h5-15H,4H2,1-3H3. The number of hydrogen-bond donors (Lipinski definition) is 0. The van der Waals surface area contributed by atoms with Gasteiger partial charge in [-0.3, -0.25) is 4.99 Å². The van der Waals surface area contributed by atoms with Crippen LogP contribution < -0.4 is 4.74 Å². The van der Waals surface area contributed by atoms with E-state index >= 15 is 0 Å². The molecule has 3 rings (SSSR count). The number of benzene rings is 2. The summed E-state index contributed by atoms with van der Waals surface area (Å²) in [4.78, 5) is 4.64. The summed E-state index contributed by atoms with van der Waals surface area (Å²) in [5.74, 6) is 0.813. The molecule has 3 nitrogen and oxygen atoms in total. The summed E-state index contributed by atoms with van der Waals surface area (Å²) >= 11 is 0. The van der Waals surface area contributed by atoms with Crippen molar-refractivity contribution in [3.8, 4) is 11.4 Å². The number of nitrogens with zero attached hydrogens (tertiary/aromatic N) is 2. The lowest BCUT2D eigenvalue weighted by Gasteiger charge is -2.09. The molecule has 3 aromatic rings. The van der Waals surface area contributed by atoms with Crippen molar-refractivity contribution >= 4 is 11.9 Å². The topological polar surface area (TPSA) is 26.5 Å². The number of aromatic nitrogens is 1. The highest BCUT2D eigenvalue weighted by Crippen LogP contribution is 2.27. The lowest BCUT2D eigenvalue weighted by atomic mass is 10.2. The van der Waals surface area contributed by atoms with E-state index in [1.54, 1.807) is 0 Å². The van der Waals surface area contributed by atoms with Crippen molar-refractivity contribution in [2.24, 2.45) is 4.99 Å². The predicted octanol–water partition coefficient (Wildman–Crippen LogP) is 5.24. The van der Waals surface area contributed by atoms with Crippen LogP contribution >= 0.6 is 0 Å². The van der Waals surface area contributed by atoms with Crippen LogP contribution in [0.2, 0.25) is 0 Å². The summed E-state index contributed by atoms with van der Waals surface area (Å²) < 4.78 is 7.88. The normalized spacial score (nSPS) is 11.1. The maximum atomic E-state index is 5.63. The monoisotopic (exact) mass is 318 g/mol. The maximum absolute atomic E-state index is 5.63. The van der Waals surface area contributed by atoms with Crippen molar-refractivity contribution in [2.45, 2.75) is 20.8 Å². The van der Waals surface area contributed by atoms with E-state index in [1.807, 2.05) is 43.5 Å². The van der Waals surface area contributed by atoms with Gasteiger partial charge in [0, 0.05) is 28.9 Å². The molecule has 1 heterocycles. The Hall–Kier alpha value is -2.81. The Kier molecular flexibility index (Phi) is 4.80. The van der Waals surface area contributed by atoms with E-state index in [4.69, 9.17) is 4.74 Å². The first kappa shape index (κ1) is 16.1. The maximum Gasteiger partial charge on any atom is 0.144 e. The predicted molar refractivity (Wildman–Crippen MR) is 100 cm³/mol. The van der Waals surface area contributed by atoms with Gasteiger partial charge in [-0.15, -0.1) is 0 Å². The van der Waals surface area contributed by atoms with Gasteiger partial charge in [0.25, 0.3) is 0 Å². The van der Waals surface area contributed by atoms with E-state index in [-0.39, 0.29) is 0 Å². The van der Waals surface area contributed by atoms with Crippen molar-refractivity contribution in [3.05, 3.63) is 77.6 Å². The van der Waals surface area contributed by atoms with Gasteiger partial charge in [-0.25, -0.2) is 0 Å². The SMILES string of the molecule is CCOc1ccccc1N=Cc1cc(C)n(-c2ccccc2)c1C. The van der Waals surface area contributed by atoms with Crippen LogP contribution in [0.1, 0.15) is 23.9 Å². The van der Waals surface area contributed by atoms with Gasteiger partial charge in [0.05, 0.1) is 6.61 Å². The third-order valence-corrected chi connectivity index (χ3v) is 3.99. The number of ether oxygens (including phenoxy) is 1. The molecule has 0 N–H and O–H groups in total. The van der Waals surface area contributed by atoms with Crippen molar-refractivity contribution < 1.29 is 4.74 Å². The summed E-state index contributed by atoms with van der Waals surface area (Å²) in [5, 5.41) is 0. The quantitative estimate of drug-likeness (QED) is 0.591. The lowest BCUT2D eigenvalue weighted by Crippen LogP contribution is -1.99. The van der Waals surface area contributed by atoms with Crippen LogP contribution in [0.3, 0.4) is 0 Å². The Morgan fingerprint density at radius 2 is 1.71 bits per heavy atom. The average Bonchev–Trinajstić information content (AvgIpc) is 2.89. The zero-order valence-corrected chi connectivity index (χ0v) is 14.4. The minimum Gasteiger partial charge on any atom is -0.492 e. The second kappa shape index (κ2) is 7.18. The minimum absolute atomic E-state index is 0.634. The molecule has 0 aliphatic rings. The molecule has 0 aliphatic carbocycles. The average molecular weight is 318 g/mol. The lowest BCUT2D eigenvalue weighted by molar-refractivity contribution is 0.341. The molecule has 0 saturated heterocycles. The molecule has 0 aliphatic heterocycles. The van der Waals surface area contributed by atoms with Gasteiger partial charge < -0.3 is 9.30 Å². The number of aryl methyl sites for hydroxylation is 1. The van der Waals surface area contributed by atoms with Crippen molar-refractivity contribution in [3.63, 3.8) is 0 Å². The van der Waals surface area contributed by atoms with E-state index < -0.39 is 0 Å². The largest absolute Gasteiger partial charge is 0.492 e. The third kappa shape index (κ3) is 3.25. The number of hydrogen-bond acceptors (Lipinski definition) is 2. The number of rotatable bonds is 5. The highest BCUT2D eigenvalue weighted by molar-refractivity contribution is 5.85. The van der Waals surface area contributed by atoms with Gasteiger partial charge in [-0.05, 0) is 51.1 Å². The zero-order valence-electron chi connectivity index (χ0n) is 14.4. The molecule has 0 radical (unpaired) electrons. The van der Waals surface area contributed by atoms with E-state index in [1.165, 1.54) is 17.1 Å². The van der Waals surface area contributed by atoms with Gasteiger partial charge in [0.15, 0.2) is 0 Å². The Balaban J connectivity index is 1.95. The van der Waals surface area contributed by atoms with Gasteiger partial charge in [-0.2, -0.15) is 0 Å².